The van der Waals surface area contributed by atoms with Crippen LogP contribution in [0.1, 0.15) is 19.4 Å². The Hall–Kier alpha value is -1.56. The standard InChI is InChI=1S/C11H15NO4S/c1-8(2)17(15,16)10-5-3-9(4-6-10)7-12-11(13)14/h3-6,8,12H,7H2,1-2H3,(H,13,14). The van der Waals surface area contributed by atoms with Crippen molar-refractivity contribution >= 4 is 15.9 Å². The van der Waals surface area contributed by atoms with Gasteiger partial charge in [0.2, 0.25) is 0 Å². The van der Waals surface area contributed by atoms with E-state index in [1.807, 2.05) is 0 Å². The Morgan fingerprint density at radius 3 is 2.24 bits per heavy atom. The van der Waals surface area contributed by atoms with Gasteiger partial charge >= 0.3 is 6.09 Å². The van der Waals surface area contributed by atoms with Gasteiger partial charge in [-0.15, -0.1) is 0 Å². The molecule has 0 radical (unpaired) electrons. The topological polar surface area (TPSA) is 83.5 Å². The summed E-state index contributed by atoms with van der Waals surface area (Å²) in [5, 5.41) is 10.2. The smallest absolute Gasteiger partial charge is 0.404 e. The molecule has 1 amide bonds. The van der Waals surface area contributed by atoms with E-state index in [0.29, 0.717) is 0 Å². The van der Waals surface area contributed by atoms with Crippen LogP contribution in [0.3, 0.4) is 0 Å². The third-order valence-electron chi connectivity index (χ3n) is 2.32. The Labute approximate surface area is 100 Å². The molecule has 0 spiro atoms. The molecule has 1 aromatic rings. The van der Waals surface area contributed by atoms with Gasteiger partial charge in [0.05, 0.1) is 10.1 Å². The molecular formula is C11H15NO4S. The van der Waals surface area contributed by atoms with Crippen molar-refractivity contribution in [2.75, 3.05) is 0 Å². The minimum atomic E-state index is -3.26. The molecule has 5 nitrogen and oxygen atoms in total. The Balaban J connectivity index is 2.85. The second-order valence-corrected chi connectivity index (χ2v) is 6.40. The fraction of sp³-hybridized carbons (Fsp3) is 0.364. The largest absolute Gasteiger partial charge is 0.465 e. The number of benzene rings is 1. The highest BCUT2D eigenvalue weighted by Gasteiger charge is 2.18. The van der Waals surface area contributed by atoms with E-state index < -0.39 is 21.2 Å². The molecule has 0 unspecified atom stereocenters. The molecule has 0 fully saturated rings. The molecule has 0 heterocycles. The summed E-state index contributed by atoms with van der Waals surface area (Å²) in [5.74, 6) is 0. The van der Waals surface area contributed by atoms with Gasteiger partial charge in [-0.1, -0.05) is 12.1 Å². The van der Waals surface area contributed by atoms with Crippen molar-refractivity contribution in [1.82, 2.24) is 5.32 Å². The van der Waals surface area contributed by atoms with Crippen molar-refractivity contribution in [3.8, 4) is 0 Å². The van der Waals surface area contributed by atoms with Crippen LogP contribution in [-0.2, 0) is 16.4 Å². The van der Waals surface area contributed by atoms with E-state index >= 15 is 0 Å². The molecule has 0 saturated heterocycles. The summed E-state index contributed by atoms with van der Waals surface area (Å²) in [4.78, 5) is 10.5. The van der Waals surface area contributed by atoms with E-state index in [2.05, 4.69) is 5.32 Å². The Bertz CT molecular complexity index is 491. The van der Waals surface area contributed by atoms with Crippen molar-refractivity contribution in [3.63, 3.8) is 0 Å². The molecule has 94 valence electrons. The van der Waals surface area contributed by atoms with Crippen LogP contribution in [0, 0.1) is 0 Å². The highest BCUT2D eigenvalue weighted by atomic mass is 32.2. The summed E-state index contributed by atoms with van der Waals surface area (Å²) in [7, 11) is -3.26. The van der Waals surface area contributed by atoms with Crippen LogP contribution in [0.15, 0.2) is 29.2 Å². The summed E-state index contributed by atoms with van der Waals surface area (Å²) < 4.78 is 23.6. The highest BCUT2D eigenvalue weighted by Crippen LogP contribution is 2.16. The lowest BCUT2D eigenvalue weighted by Crippen LogP contribution is -2.20. The first-order valence-corrected chi connectivity index (χ1v) is 6.68. The molecule has 0 aromatic heterocycles. The van der Waals surface area contributed by atoms with E-state index in [1.54, 1.807) is 26.0 Å². The SMILES string of the molecule is CC(C)S(=O)(=O)c1ccc(CNC(=O)O)cc1. The van der Waals surface area contributed by atoms with Crippen LogP contribution in [0.25, 0.3) is 0 Å². The number of sulfone groups is 1. The molecule has 0 bridgehead atoms. The van der Waals surface area contributed by atoms with E-state index in [0.717, 1.165) is 5.56 Å². The van der Waals surface area contributed by atoms with Gasteiger partial charge in [0, 0.05) is 6.54 Å². The average Bonchev–Trinajstić information content (AvgIpc) is 2.26. The summed E-state index contributed by atoms with van der Waals surface area (Å²) >= 11 is 0. The molecule has 0 aliphatic heterocycles. The van der Waals surface area contributed by atoms with Crippen LogP contribution in [0.2, 0.25) is 0 Å². The zero-order valence-corrected chi connectivity index (χ0v) is 10.5. The summed E-state index contributed by atoms with van der Waals surface area (Å²) in [6.45, 7) is 3.40. The molecule has 1 aromatic carbocycles. The number of hydrogen-bond donors (Lipinski definition) is 2. The lowest BCUT2D eigenvalue weighted by Gasteiger charge is -2.08. The highest BCUT2D eigenvalue weighted by molar-refractivity contribution is 7.92. The first kappa shape index (κ1) is 13.5. The van der Waals surface area contributed by atoms with Crippen LogP contribution < -0.4 is 5.32 Å². The van der Waals surface area contributed by atoms with Gasteiger partial charge in [0.15, 0.2) is 9.84 Å². The summed E-state index contributed by atoms with van der Waals surface area (Å²) in [6, 6.07) is 6.19. The lowest BCUT2D eigenvalue weighted by molar-refractivity contribution is 0.194. The molecule has 2 N–H and O–H groups in total. The maximum absolute atomic E-state index is 11.8. The van der Waals surface area contributed by atoms with E-state index in [4.69, 9.17) is 5.11 Å². The fourth-order valence-corrected chi connectivity index (χ4v) is 2.31. The monoisotopic (exact) mass is 257 g/mol. The predicted octanol–water partition coefficient (Wildman–Crippen LogP) is 1.64. The minimum absolute atomic E-state index is 0.164. The van der Waals surface area contributed by atoms with Crippen LogP contribution >= 0.6 is 0 Å². The van der Waals surface area contributed by atoms with Gasteiger partial charge in [-0.2, -0.15) is 0 Å². The van der Waals surface area contributed by atoms with E-state index in [9.17, 15) is 13.2 Å². The lowest BCUT2D eigenvalue weighted by atomic mass is 10.2. The second kappa shape index (κ2) is 5.18. The molecular weight excluding hydrogens is 242 g/mol. The first-order chi connectivity index (χ1) is 7.84. The molecule has 1 rings (SSSR count). The second-order valence-electron chi connectivity index (χ2n) is 3.90. The average molecular weight is 257 g/mol. The fourth-order valence-electron chi connectivity index (χ4n) is 1.25. The normalized spacial score (nSPS) is 11.5. The quantitative estimate of drug-likeness (QED) is 0.858. The van der Waals surface area contributed by atoms with Gasteiger partial charge in [0.1, 0.15) is 0 Å². The van der Waals surface area contributed by atoms with Crippen LogP contribution in [0.5, 0.6) is 0 Å². The van der Waals surface area contributed by atoms with Gasteiger partial charge < -0.3 is 10.4 Å². The maximum Gasteiger partial charge on any atom is 0.404 e. The molecule has 0 saturated carbocycles. The number of carbonyl (C=O) groups is 1. The van der Waals surface area contributed by atoms with Crippen LogP contribution in [-0.4, -0.2) is 24.9 Å². The molecule has 0 aliphatic rings. The Morgan fingerprint density at radius 1 is 1.29 bits per heavy atom. The van der Waals surface area contributed by atoms with Crippen molar-refractivity contribution in [1.29, 1.82) is 0 Å². The van der Waals surface area contributed by atoms with Crippen molar-refractivity contribution in [2.24, 2.45) is 0 Å². The van der Waals surface area contributed by atoms with Crippen molar-refractivity contribution in [3.05, 3.63) is 29.8 Å². The number of hydrogen-bond acceptors (Lipinski definition) is 3. The van der Waals surface area contributed by atoms with Gasteiger partial charge in [0.25, 0.3) is 0 Å². The van der Waals surface area contributed by atoms with Crippen molar-refractivity contribution in [2.45, 2.75) is 30.5 Å². The predicted molar refractivity (Wildman–Crippen MR) is 63.6 cm³/mol. The summed E-state index contributed by atoms with van der Waals surface area (Å²) in [6.07, 6.45) is -1.11. The Kier molecular flexibility index (Phi) is 4.11. The van der Waals surface area contributed by atoms with Crippen LogP contribution in [0.4, 0.5) is 4.79 Å². The van der Waals surface area contributed by atoms with E-state index in [-0.39, 0.29) is 11.4 Å². The van der Waals surface area contributed by atoms with Crippen molar-refractivity contribution < 1.29 is 18.3 Å². The molecule has 0 aliphatic carbocycles. The maximum atomic E-state index is 11.8. The number of amides is 1. The minimum Gasteiger partial charge on any atom is -0.465 e. The third kappa shape index (κ3) is 3.45. The zero-order chi connectivity index (χ0) is 13.1. The first-order valence-electron chi connectivity index (χ1n) is 5.13. The number of rotatable bonds is 4. The number of carboxylic acid groups (broad SMARTS) is 1. The molecule has 17 heavy (non-hydrogen) atoms. The van der Waals surface area contributed by atoms with Gasteiger partial charge in [-0.25, -0.2) is 13.2 Å². The Morgan fingerprint density at radius 2 is 1.82 bits per heavy atom. The third-order valence-corrected chi connectivity index (χ3v) is 4.49. The van der Waals surface area contributed by atoms with E-state index in [1.165, 1.54) is 12.1 Å². The molecule has 6 heteroatoms. The zero-order valence-electron chi connectivity index (χ0n) is 9.67. The molecule has 0 atom stereocenters. The van der Waals surface area contributed by atoms with Gasteiger partial charge in [-0.3, -0.25) is 0 Å². The number of nitrogens with one attached hydrogen (secondary N) is 1. The van der Waals surface area contributed by atoms with Gasteiger partial charge in [-0.05, 0) is 31.5 Å². The summed E-state index contributed by atoms with van der Waals surface area (Å²) in [5.41, 5.74) is 0.718.